The standard InChI is InChI=1S/C12H12BrN3O2S/c13-10-4-2-1-3-8(10)5-18-6-9-7-19-12(15-9)11(17)16-14/h1-4,7H,5-6,14H2,(H,16,17). The maximum Gasteiger partial charge on any atom is 0.294 e. The van der Waals surface area contributed by atoms with Crippen molar-refractivity contribution in [2.45, 2.75) is 13.2 Å². The quantitative estimate of drug-likeness (QED) is 0.496. The fourth-order valence-electron chi connectivity index (χ4n) is 1.42. The molecule has 0 radical (unpaired) electrons. The van der Waals surface area contributed by atoms with Crippen molar-refractivity contribution in [3.05, 3.63) is 50.4 Å². The van der Waals surface area contributed by atoms with Crippen molar-refractivity contribution in [2.24, 2.45) is 5.84 Å². The van der Waals surface area contributed by atoms with Gasteiger partial charge in [0.05, 0.1) is 18.9 Å². The second-order valence-electron chi connectivity index (χ2n) is 3.70. The van der Waals surface area contributed by atoms with Crippen LogP contribution in [0.5, 0.6) is 0 Å². The van der Waals surface area contributed by atoms with Gasteiger partial charge in [-0.05, 0) is 11.6 Å². The van der Waals surface area contributed by atoms with E-state index in [1.54, 1.807) is 5.38 Å². The Hall–Kier alpha value is -1.28. The van der Waals surface area contributed by atoms with Gasteiger partial charge in [-0.15, -0.1) is 11.3 Å². The third-order valence-electron chi connectivity index (χ3n) is 2.34. The average Bonchev–Trinajstić information content (AvgIpc) is 2.89. The minimum Gasteiger partial charge on any atom is -0.370 e. The Kier molecular flexibility index (Phi) is 5.03. The fourth-order valence-corrected chi connectivity index (χ4v) is 2.52. The minimum atomic E-state index is -0.387. The van der Waals surface area contributed by atoms with Crippen molar-refractivity contribution in [3.63, 3.8) is 0 Å². The van der Waals surface area contributed by atoms with E-state index in [9.17, 15) is 4.79 Å². The van der Waals surface area contributed by atoms with Crippen molar-refractivity contribution >= 4 is 33.2 Å². The largest absolute Gasteiger partial charge is 0.370 e. The van der Waals surface area contributed by atoms with Crippen LogP contribution in [0.1, 0.15) is 21.1 Å². The van der Waals surface area contributed by atoms with Crippen LogP contribution in [0.2, 0.25) is 0 Å². The molecule has 0 unspecified atom stereocenters. The molecule has 2 rings (SSSR count). The summed E-state index contributed by atoms with van der Waals surface area (Å²) in [4.78, 5) is 15.4. The first kappa shape index (κ1) is 14.1. The number of nitrogens with zero attached hydrogens (tertiary/aromatic N) is 1. The van der Waals surface area contributed by atoms with E-state index in [-0.39, 0.29) is 5.91 Å². The van der Waals surface area contributed by atoms with E-state index >= 15 is 0 Å². The number of hydrogen-bond acceptors (Lipinski definition) is 5. The predicted octanol–water partition coefficient (Wildman–Crippen LogP) is 2.23. The van der Waals surface area contributed by atoms with Crippen molar-refractivity contribution < 1.29 is 9.53 Å². The Morgan fingerprint density at radius 3 is 2.95 bits per heavy atom. The van der Waals surface area contributed by atoms with Crippen molar-refractivity contribution in [2.75, 3.05) is 0 Å². The minimum absolute atomic E-state index is 0.335. The monoisotopic (exact) mass is 341 g/mol. The van der Waals surface area contributed by atoms with Gasteiger partial charge in [0, 0.05) is 9.85 Å². The maximum absolute atomic E-state index is 11.2. The number of nitrogen functional groups attached to an aromatic ring is 1. The number of nitrogens with two attached hydrogens (primary N) is 1. The van der Waals surface area contributed by atoms with Gasteiger partial charge in [0.1, 0.15) is 0 Å². The molecule has 1 aromatic heterocycles. The number of amides is 1. The number of nitrogens with one attached hydrogen (secondary N) is 1. The highest BCUT2D eigenvalue weighted by atomic mass is 79.9. The zero-order chi connectivity index (χ0) is 13.7. The normalized spacial score (nSPS) is 10.4. The molecule has 0 fully saturated rings. The number of ether oxygens (including phenoxy) is 1. The van der Waals surface area contributed by atoms with Crippen LogP contribution in [-0.2, 0) is 18.0 Å². The molecule has 0 spiro atoms. The van der Waals surface area contributed by atoms with Crippen LogP contribution in [0.4, 0.5) is 0 Å². The molecular formula is C12H12BrN3O2S. The van der Waals surface area contributed by atoms with Gasteiger partial charge >= 0.3 is 0 Å². The van der Waals surface area contributed by atoms with E-state index in [0.717, 1.165) is 15.7 Å². The summed E-state index contributed by atoms with van der Waals surface area (Å²) in [6.07, 6.45) is 0. The van der Waals surface area contributed by atoms with Crippen LogP contribution in [-0.4, -0.2) is 10.9 Å². The topological polar surface area (TPSA) is 77.2 Å². The van der Waals surface area contributed by atoms with Gasteiger partial charge in [0.15, 0.2) is 5.01 Å². The van der Waals surface area contributed by atoms with Gasteiger partial charge in [0.25, 0.3) is 5.91 Å². The number of carbonyl (C=O) groups excluding carboxylic acids is 1. The number of halogens is 1. The molecule has 0 aliphatic carbocycles. The maximum atomic E-state index is 11.2. The summed E-state index contributed by atoms with van der Waals surface area (Å²) < 4.78 is 6.58. The van der Waals surface area contributed by atoms with E-state index < -0.39 is 0 Å². The summed E-state index contributed by atoms with van der Waals surface area (Å²) in [5.41, 5.74) is 3.83. The van der Waals surface area contributed by atoms with Gasteiger partial charge in [-0.1, -0.05) is 34.1 Å². The number of hydrogen-bond donors (Lipinski definition) is 2. The molecule has 100 valence electrons. The second kappa shape index (κ2) is 6.76. The number of benzene rings is 1. The zero-order valence-corrected chi connectivity index (χ0v) is 12.3. The molecule has 1 aromatic carbocycles. The highest BCUT2D eigenvalue weighted by Crippen LogP contribution is 2.17. The van der Waals surface area contributed by atoms with Gasteiger partial charge in [-0.2, -0.15) is 0 Å². The lowest BCUT2D eigenvalue weighted by atomic mass is 10.2. The van der Waals surface area contributed by atoms with E-state index in [4.69, 9.17) is 10.6 Å². The van der Waals surface area contributed by atoms with E-state index in [2.05, 4.69) is 20.9 Å². The van der Waals surface area contributed by atoms with E-state index in [1.165, 1.54) is 11.3 Å². The highest BCUT2D eigenvalue weighted by molar-refractivity contribution is 9.10. The Balaban J connectivity index is 1.88. The summed E-state index contributed by atoms with van der Waals surface area (Å²) in [6.45, 7) is 0.840. The first-order valence-corrected chi connectivity index (χ1v) is 7.14. The first-order valence-electron chi connectivity index (χ1n) is 5.47. The molecule has 19 heavy (non-hydrogen) atoms. The Morgan fingerprint density at radius 1 is 1.42 bits per heavy atom. The lowest BCUT2D eigenvalue weighted by Crippen LogP contribution is -2.29. The number of hydrazine groups is 1. The summed E-state index contributed by atoms with van der Waals surface area (Å²) in [5, 5.41) is 2.12. The van der Waals surface area contributed by atoms with Crippen molar-refractivity contribution in [1.82, 2.24) is 10.4 Å². The van der Waals surface area contributed by atoms with Crippen LogP contribution in [0.3, 0.4) is 0 Å². The molecule has 1 heterocycles. The summed E-state index contributed by atoms with van der Waals surface area (Å²) in [5.74, 6) is 4.65. The average molecular weight is 342 g/mol. The highest BCUT2D eigenvalue weighted by Gasteiger charge is 2.09. The molecule has 3 N–H and O–H groups in total. The van der Waals surface area contributed by atoms with Crippen molar-refractivity contribution in [1.29, 1.82) is 0 Å². The summed E-state index contributed by atoms with van der Waals surface area (Å²) >= 11 is 4.69. The van der Waals surface area contributed by atoms with Gasteiger partial charge in [-0.25, -0.2) is 10.8 Å². The molecule has 0 saturated heterocycles. The molecule has 2 aromatic rings. The second-order valence-corrected chi connectivity index (χ2v) is 5.41. The zero-order valence-electron chi connectivity index (χ0n) is 9.93. The molecular weight excluding hydrogens is 330 g/mol. The van der Waals surface area contributed by atoms with Crippen LogP contribution in [0.15, 0.2) is 34.1 Å². The molecule has 0 aliphatic rings. The van der Waals surface area contributed by atoms with Crippen LogP contribution < -0.4 is 11.3 Å². The third kappa shape index (κ3) is 3.84. The summed E-state index contributed by atoms with van der Waals surface area (Å²) in [6, 6.07) is 7.85. The third-order valence-corrected chi connectivity index (χ3v) is 4.01. The van der Waals surface area contributed by atoms with Crippen LogP contribution in [0.25, 0.3) is 0 Å². The molecule has 0 aliphatic heterocycles. The SMILES string of the molecule is NNC(=O)c1nc(COCc2ccccc2Br)cs1. The number of thiazole rings is 1. The molecule has 5 nitrogen and oxygen atoms in total. The molecule has 7 heteroatoms. The smallest absolute Gasteiger partial charge is 0.294 e. The van der Waals surface area contributed by atoms with E-state index in [1.807, 2.05) is 29.7 Å². The fraction of sp³-hybridized carbons (Fsp3) is 0.167. The number of carbonyl (C=O) groups is 1. The lowest BCUT2D eigenvalue weighted by molar-refractivity contribution is 0.0948. The molecule has 0 atom stereocenters. The first-order chi connectivity index (χ1) is 9.20. The predicted molar refractivity (Wildman–Crippen MR) is 76.4 cm³/mol. The van der Waals surface area contributed by atoms with Gasteiger partial charge in [0.2, 0.25) is 0 Å². The van der Waals surface area contributed by atoms with Crippen LogP contribution >= 0.6 is 27.3 Å². The Bertz CT molecular complexity index is 574. The summed E-state index contributed by atoms with van der Waals surface area (Å²) in [7, 11) is 0. The molecule has 0 bridgehead atoms. The molecule has 0 saturated carbocycles. The lowest BCUT2D eigenvalue weighted by Gasteiger charge is -2.04. The van der Waals surface area contributed by atoms with Crippen LogP contribution in [0, 0.1) is 0 Å². The number of aromatic nitrogens is 1. The van der Waals surface area contributed by atoms with Crippen molar-refractivity contribution in [3.8, 4) is 0 Å². The Morgan fingerprint density at radius 2 is 2.21 bits per heavy atom. The number of rotatable bonds is 5. The van der Waals surface area contributed by atoms with Gasteiger partial charge < -0.3 is 4.74 Å². The molecule has 1 amide bonds. The van der Waals surface area contributed by atoms with E-state index in [0.29, 0.717) is 18.2 Å². The van der Waals surface area contributed by atoms with Gasteiger partial charge in [-0.3, -0.25) is 10.2 Å². The Labute approximate surface area is 122 Å².